The lowest BCUT2D eigenvalue weighted by molar-refractivity contribution is 0.0910. The first-order valence-corrected chi connectivity index (χ1v) is 6.12. The van der Waals surface area contributed by atoms with Crippen LogP contribution in [0.25, 0.3) is 0 Å². The van der Waals surface area contributed by atoms with Gasteiger partial charge in [-0.3, -0.25) is 0 Å². The molecule has 0 bridgehead atoms. The van der Waals surface area contributed by atoms with Crippen LogP contribution in [0.2, 0.25) is 0 Å². The molecule has 0 saturated carbocycles. The Hall–Kier alpha value is -0.670. The van der Waals surface area contributed by atoms with Crippen molar-refractivity contribution in [1.29, 1.82) is 0 Å². The third-order valence-electron chi connectivity index (χ3n) is 1.92. The van der Waals surface area contributed by atoms with Crippen LogP contribution in [0.15, 0.2) is 30.3 Å². The van der Waals surface area contributed by atoms with Crippen molar-refractivity contribution < 1.29 is 19.0 Å². The second kappa shape index (κ2) is 6.16. The molecule has 0 saturated heterocycles. The average Bonchev–Trinajstić information content (AvgIpc) is 2.28. The first kappa shape index (κ1) is 13.4. The number of para-hydroxylation sites is 1. The Morgan fingerprint density at radius 1 is 1.25 bits per heavy atom. The van der Waals surface area contributed by atoms with Gasteiger partial charge in [-0.2, -0.15) is 0 Å². The summed E-state index contributed by atoms with van der Waals surface area (Å²) in [5.74, 6) is 0.568. The molecule has 0 aliphatic heterocycles. The second-order valence-electron chi connectivity index (χ2n) is 4.24. The van der Waals surface area contributed by atoms with E-state index in [1.54, 1.807) is 12.1 Å². The molecule has 90 valence electrons. The lowest BCUT2D eigenvalue weighted by Crippen LogP contribution is -2.22. The fourth-order valence-electron chi connectivity index (χ4n) is 0.873. The van der Waals surface area contributed by atoms with Gasteiger partial charge in [0.15, 0.2) is 0 Å². The van der Waals surface area contributed by atoms with Gasteiger partial charge in [0.25, 0.3) is 0 Å². The summed E-state index contributed by atoms with van der Waals surface area (Å²) in [4.78, 5) is 9.50. The summed E-state index contributed by atoms with van der Waals surface area (Å²) < 4.78 is 10.3. The molecule has 0 aliphatic rings. The van der Waals surface area contributed by atoms with Crippen molar-refractivity contribution in [3.05, 3.63) is 30.3 Å². The van der Waals surface area contributed by atoms with E-state index < -0.39 is 8.60 Å². The van der Waals surface area contributed by atoms with Gasteiger partial charge in [-0.15, -0.1) is 0 Å². The van der Waals surface area contributed by atoms with Gasteiger partial charge in [-0.1, -0.05) is 32.0 Å². The highest BCUT2D eigenvalue weighted by molar-refractivity contribution is 7.41. The highest BCUT2D eigenvalue weighted by Crippen LogP contribution is 2.36. The predicted octanol–water partition coefficient (Wildman–Crippen LogP) is 2.32. The van der Waals surface area contributed by atoms with Gasteiger partial charge in [0.1, 0.15) is 5.75 Å². The monoisotopic (exact) mass is 244 g/mol. The molecule has 1 aromatic rings. The molecule has 0 aromatic heterocycles. The minimum absolute atomic E-state index is 0.00150. The minimum atomic E-state index is -1.94. The van der Waals surface area contributed by atoms with Gasteiger partial charge in [0.05, 0.1) is 13.2 Å². The molecule has 1 atom stereocenters. The average molecular weight is 244 g/mol. The number of aliphatic hydroxyl groups is 1. The maximum atomic E-state index is 9.50. The molecule has 0 aliphatic carbocycles. The van der Waals surface area contributed by atoms with Crippen LogP contribution in [0, 0.1) is 5.41 Å². The SMILES string of the molecule is CC(C)(CO)COP(O)Oc1ccccc1. The van der Waals surface area contributed by atoms with Crippen molar-refractivity contribution >= 4 is 8.60 Å². The smallest absolute Gasteiger partial charge is 0.394 e. The maximum absolute atomic E-state index is 9.50. The first-order chi connectivity index (χ1) is 7.53. The number of benzene rings is 1. The molecule has 0 amide bonds. The molecule has 2 N–H and O–H groups in total. The third-order valence-corrected chi connectivity index (χ3v) is 2.64. The summed E-state index contributed by atoms with van der Waals surface area (Å²) in [6.07, 6.45) is 0. The highest BCUT2D eigenvalue weighted by Gasteiger charge is 2.20. The van der Waals surface area contributed by atoms with E-state index in [-0.39, 0.29) is 18.6 Å². The summed E-state index contributed by atoms with van der Waals surface area (Å²) in [6, 6.07) is 8.98. The van der Waals surface area contributed by atoms with Crippen LogP contribution in [0.3, 0.4) is 0 Å². The van der Waals surface area contributed by atoms with Crippen LogP contribution in [0.1, 0.15) is 13.8 Å². The zero-order chi connectivity index (χ0) is 12.0. The molecule has 4 nitrogen and oxygen atoms in total. The van der Waals surface area contributed by atoms with E-state index in [1.165, 1.54) is 0 Å². The van der Waals surface area contributed by atoms with E-state index in [4.69, 9.17) is 14.2 Å². The zero-order valence-electron chi connectivity index (χ0n) is 9.46. The molecular formula is C11H17O4P. The Bertz CT molecular complexity index is 302. The van der Waals surface area contributed by atoms with E-state index in [9.17, 15) is 4.89 Å². The number of hydrogen-bond acceptors (Lipinski definition) is 4. The molecule has 0 fully saturated rings. The van der Waals surface area contributed by atoms with Gasteiger partial charge in [-0.05, 0) is 12.1 Å². The fraction of sp³-hybridized carbons (Fsp3) is 0.455. The molecule has 0 spiro atoms. The van der Waals surface area contributed by atoms with E-state index in [1.807, 2.05) is 32.0 Å². The van der Waals surface area contributed by atoms with E-state index in [0.29, 0.717) is 5.75 Å². The number of aliphatic hydroxyl groups excluding tert-OH is 1. The molecule has 0 radical (unpaired) electrons. The van der Waals surface area contributed by atoms with Crippen LogP contribution in [-0.4, -0.2) is 23.2 Å². The Balaban J connectivity index is 2.34. The summed E-state index contributed by atoms with van der Waals surface area (Å²) in [6.45, 7) is 3.94. The lowest BCUT2D eigenvalue weighted by atomic mass is 9.97. The predicted molar refractivity (Wildman–Crippen MR) is 63.0 cm³/mol. The van der Waals surface area contributed by atoms with Crippen LogP contribution >= 0.6 is 8.60 Å². The summed E-state index contributed by atoms with van der Waals surface area (Å²) in [7, 11) is -1.94. The van der Waals surface area contributed by atoms with Crippen molar-refractivity contribution in [1.82, 2.24) is 0 Å². The van der Waals surface area contributed by atoms with Crippen molar-refractivity contribution in [2.24, 2.45) is 5.41 Å². The normalized spacial score (nSPS) is 13.5. The Morgan fingerprint density at radius 3 is 2.44 bits per heavy atom. The van der Waals surface area contributed by atoms with Crippen molar-refractivity contribution in [2.75, 3.05) is 13.2 Å². The van der Waals surface area contributed by atoms with Crippen molar-refractivity contribution in [2.45, 2.75) is 13.8 Å². The molecule has 1 unspecified atom stereocenters. The maximum Gasteiger partial charge on any atom is 0.394 e. The van der Waals surface area contributed by atoms with Gasteiger partial charge in [0.2, 0.25) is 0 Å². The number of rotatable bonds is 6. The molecule has 0 heterocycles. The van der Waals surface area contributed by atoms with Crippen LogP contribution in [-0.2, 0) is 4.52 Å². The van der Waals surface area contributed by atoms with Gasteiger partial charge >= 0.3 is 8.60 Å². The Morgan fingerprint density at radius 2 is 1.88 bits per heavy atom. The fourth-order valence-corrected chi connectivity index (χ4v) is 1.69. The van der Waals surface area contributed by atoms with Gasteiger partial charge in [0, 0.05) is 5.41 Å². The van der Waals surface area contributed by atoms with E-state index >= 15 is 0 Å². The Kier molecular flexibility index (Phi) is 5.16. The molecular weight excluding hydrogens is 227 g/mol. The molecule has 1 aromatic carbocycles. The topological polar surface area (TPSA) is 58.9 Å². The van der Waals surface area contributed by atoms with Crippen LogP contribution < -0.4 is 4.52 Å². The van der Waals surface area contributed by atoms with E-state index in [2.05, 4.69) is 0 Å². The highest BCUT2D eigenvalue weighted by atomic mass is 31.2. The van der Waals surface area contributed by atoms with Gasteiger partial charge < -0.3 is 19.0 Å². The lowest BCUT2D eigenvalue weighted by Gasteiger charge is -2.22. The quantitative estimate of drug-likeness (QED) is 0.754. The third kappa shape index (κ3) is 4.90. The summed E-state index contributed by atoms with van der Waals surface area (Å²) in [5, 5.41) is 9.00. The molecule has 16 heavy (non-hydrogen) atoms. The van der Waals surface area contributed by atoms with Crippen molar-refractivity contribution in [3.8, 4) is 5.75 Å². The molecule has 1 rings (SSSR count). The van der Waals surface area contributed by atoms with Gasteiger partial charge in [-0.25, -0.2) is 0 Å². The second-order valence-corrected chi connectivity index (χ2v) is 5.15. The standard InChI is InChI=1S/C11H17O4P/c1-11(2,8-12)9-14-16(13)15-10-6-4-3-5-7-10/h3-7,12-13H,8-9H2,1-2H3. The van der Waals surface area contributed by atoms with Crippen molar-refractivity contribution in [3.63, 3.8) is 0 Å². The summed E-state index contributed by atoms with van der Waals surface area (Å²) in [5.41, 5.74) is -0.372. The summed E-state index contributed by atoms with van der Waals surface area (Å²) >= 11 is 0. The number of hydrogen-bond donors (Lipinski definition) is 2. The van der Waals surface area contributed by atoms with Crippen LogP contribution in [0.5, 0.6) is 5.75 Å². The van der Waals surface area contributed by atoms with E-state index in [0.717, 1.165) is 0 Å². The minimum Gasteiger partial charge on any atom is -0.427 e. The Labute approximate surface area is 96.8 Å². The van der Waals surface area contributed by atoms with Crippen LogP contribution in [0.4, 0.5) is 0 Å². The zero-order valence-corrected chi connectivity index (χ0v) is 10.4. The largest absolute Gasteiger partial charge is 0.427 e. The molecule has 5 heteroatoms. The first-order valence-electron chi connectivity index (χ1n) is 4.99.